The SMILES string of the molecule is Cc1cc(C#CC2CCN(C)CC2)cc(C(=O)N[C@@H](c2ccc(F)cc2)c2cc(F)ccc2O)n1. The molecule has 1 amide bonds. The molecule has 5 nitrogen and oxygen atoms in total. The van der Waals surface area contributed by atoms with E-state index in [1.54, 1.807) is 13.0 Å². The van der Waals surface area contributed by atoms with Crippen molar-refractivity contribution >= 4 is 5.91 Å². The Kier molecular flexibility index (Phi) is 7.42. The van der Waals surface area contributed by atoms with Gasteiger partial charge in [-0.05, 0) is 87.9 Å². The van der Waals surface area contributed by atoms with Crippen molar-refractivity contribution in [2.24, 2.45) is 5.92 Å². The minimum Gasteiger partial charge on any atom is -0.508 e. The fourth-order valence-electron chi connectivity index (χ4n) is 4.15. The lowest BCUT2D eigenvalue weighted by atomic mass is 9.97. The highest BCUT2D eigenvalue weighted by molar-refractivity contribution is 5.93. The molecule has 0 saturated carbocycles. The zero-order chi connectivity index (χ0) is 24.9. The molecule has 2 heterocycles. The number of amides is 1. The van der Waals surface area contributed by atoms with Crippen molar-refractivity contribution in [1.82, 2.24) is 15.2 Å². The first-order valence-corrected chi connectivity index (χ1v) is 11.5. The van der Waals surface area contributed by atoms with Crippen LogP contribution in [0.25, 0.3) is 0 Å². The average Bonchev–Trinajstić information content (AvgIpc) is 2.84. The van der Waals surface area contributed by atoms with E-state index < -0.39 is 23.6 Å². The van der Waals surface area contributed by atoms with Crippen molar-refractivity contribution in [3.63, 3.8) is 0 Å². The number of rotatable bonds is 4. The van der Waals surface area contributed by atoms with Crippen LogP contribution in [0.5, 0.6) is 5.75 Å². The lowest BCUT2D eigenvalue weighted by molar-refractivity contribution is 0.0937. The van der Waals surface area contributed by atoms with E-state index in [-0.39, 0.29) is 17.0 Å². The Hall–Kier alpha value is -3.76. The second kappa shape index (κ2) is 10.7. The van der Waals surface area contributed by atoms with Crippen LogP contribution in [0.1, 0.15) is 51.8 Å². The molecule has 1 aliphatic rings. The number of nitrogens with one attached hydrogen (secondary N) is 1. The number of pyridine rings is 1. The van der Waals surface area contributed by atoms with Gasteiger partial charge in [-0.15, -0.1) is 0 Å². The molecule has 0 spiro atoms. The number of halogens is 2. The van der Waals surface area contributed by atoms with Gasteiger partial charge in [0.2, 0.25) is 0 Å². The Morgan fingerprint density at radius 2 is 1.77 bits per heavy atom. The van der Waals surface area contributed by atoms with Gasteiger partial charge in [0.1, 0.15) is 23.1 Å². The molecule has 35 heavy (non-hydrogen) atoms. The fourth-order valence-corrected chi connectivity index (χ4v) is 4.15. The smallest absolute Gasteiger partial charge is 0.270 e. The Morgan fingerprint density at radius 1 is 1.09 bits per heavy atom. The van der Waals surface area contributed by atoms with E-state index >= 15 is 0 Å². The second-order valence-corrected chi connectivity index (χ2v) is 8.89. The lowest BCUT2D eigenvalue weighted by Crippen LogP contribution is -2.30. The maximum absolute atomic E-state index is 14.0. The molecule has 7 heteroatoms. The maximum Gasteiger partial charge on any atom is 0.270 e. The standard InChI is InChI=1S/C28H27F2N3O2/c1-18-15-20(4-3-19-11-13-33(2)14-12-19)16-25(31-18)28(35)32-27(21-5-7-22(29)8-6-21)24-17-23(30)9-10-26(24)34/h5-10,15-17,19,27,34H,11-14H2,1-2H3,(H,32,35)/t27-/m0/s1. The molecule has 1 aromatic heterocycles. The molecule has 0 radical (unpaired) electrons. The summed E-state index contributed by atoms with van der Waals surface area (Å²) in [6, 6.07) is 11.5. The minimum absolute atomic E-state index is 0.153. The highest BCUT2D eigenvalue weighted by atomic mass is 19.1. The monoisotopic (exact) mass is 475 g/mol. The molecule has 1 atom stereocenters. The highest BCUT2D eigenvalue weighted by Gasteiger charge is 2.23. The molecule has 2 aromatic carbocycles. The summed E-state index contributed by atoms with van der Waals surface area (Å²) in [5, 5.41) is 13.2. The van der Waals surface area contributed by atoms with Crippen LogP contribution >= 0.6 is 0 Å². The number of nitrogens with zero attached hydrogens (tertiary/aromatic N) is 2. The fraction of sp³-hybridized carbons (Fsp3) is 0.286. The Bertz CT molecular complexity index is 1270. The second-order valence-electron chi connectivity index (χ2n) is 8.89. The van der Waals surface area contributed by atoms with Crippen molar-refractivity contribution in [2.45, 2.75) is 25.8 Å². The van der Waals surface area contributed by atoms with Gasteiger partial charge in [0.05, 0.1) is 6.04 Å². The van der Waals surface area contributed by atoms with Crippen LogP contribution in [0.4, 0.5) is 8.78 Å². The Balaban J connectivity index is 1.62. The zero-order valence-corrected chi connectivity index (χ0v) is 19.7. The van der Waals surface area contributed by atoms with Crippen molar-refractivity contribution in [2.75, 3.05) is 20.1 Å². The van der Waals surface area contributed by atoms with Crippen LogP contribution in [0.3, 0.4) is 0 Å². The van der Waals surface area contributed by atoms with E-state index in [0.717, 1.165) is 38.1 Å². The maximum atomic E-state index is 14.0. The number of phenolic OH excluding ortho intramolecular Hbond substituents is 1. The van der Waals surface area contributed by atoms with E-state index in [4.69, 9.17) is 0 Å². The van der Waals surface area contributed by atoms with E-state index in [1.165, 1.54) is 30.3 Å². The topological polar surface area (TPSA) is 65.5 Å². The number of carbonyl (C=O) groups excluding carboxylic acids is 1. The average molecular weight is 476 g/mol. The third-order valence-electron chi connectivity index (χ3n) is 6.10. The molecular formula is C28H27F2N3O2. The number of hydrogen-bond acceptors (Lipinski definition) is 4. The van der Waals surface area contributed by atoms with Crippen molar-refractivity contribution in [3.8, 4) is 17.6 Å². The minimum atomic E-state index is -0.921. The summed E-state index contributed by atoms with van der Waals surface area (Å²) >= 11 is 0. The number of piperidine rings is 1. The van der Waals surface area contributed by atoms with Crippen molar-refractivity contribution in [1.29, 1.82) is 0 Å². The largest absolute Gasteiger partial charge is 0.508 e. The number of hydrogen-bond donors (Lipinski definition) is 2. The third kappa shape index (κ3) is 6.23. The first kappa shape index (κ1) is 24.4. The van der Waals surface area contributed by atoms with Crippen LogP contribution in [-0.4, -0.2) is 41.0 Å². The molecular weight excluding hydrogens is 448 g/mol. The van der Waals surface area contributed by atoms with Crippen molar-refractivity contribution in [3.05, 3.63) is 94.3 Å². The molecule has 4 rings (SSSR count). The van der Waals surface area contributed by atoms with Gasteiger partial charge in [0.15, 0.2) is 0 Å². The molecule has 0 aliphatic carbocycles. The molecule has 1 fully saturated rings. The van der Waals surface area contributed by atoms with Gasteiger partial charge in [-0.25, -0.2) is 13.8 Å². The van der Waals surface area contributed by atoms with Gasteiger partial charge in [0, 0.05) is 22.7 Å². The van der Waals surface area contributed by atoms with Gasteiger partial charge in [-0.1, -0.05) is 24.0 Å². The van der Waals surface area contributed by atoms with Crippen LogP contribution in [0.15, 0.2) is 54.6 Å². The summed E-state index contributed by atoms with van der Waals surface area (Å²) in [6.45, 7) is 3.81. The molecule has 3 aromatic rings. The molecule has 0 bridgehead atoms. The summed E-state index contributed by atoms with van der Waals surface area (Å²) in [6.07, 6.45) is 2.02. The summed E-state index contributed by atoms with van der Waals surface area (Å²) in [4.78, 5) is 19.9. The van der Waals surface area contributed by atoms with Gasteiger partial charge in [0.25, 0.3) is 5.91 Å². The van der Waals surface area contributed by atoms with Crippen molar-refractivity contribution < 1.29 is 18.7 Å². The quantitative estimate of drug-likeness (QED) is 0.542. The van der Waals surface area contributed by atoms with E-state index in [2.05, 4.69) is 34.1 Å². The molecule has 0 unspecified atom stereocenters. The number of benzene rings is 2. The lowest BCUT2D eigenvalue weighted by Gasteiger charge is -2.25. The number of phenols is 1. The van der Waals surface area contributed by atoms with Gasteiger partial charge in [-0.3, -0.25) is 4.79 Å². The summed E-state index contributed by atoms with van der Waals surface area (Å²) in [7, 11) is 2.10. The number of likely N-dealkylation sites (tertiary alicyclic amines) is 1. The first-order valence-electron chi connectivity index (χ1n) is 11.5. The van der Waals surface area contributed by atoms with E-state index in [1.807, 2.05) is 6.07 Å². The number of aryl methyl sites for hydroxylation is 1. The Morgan fingerprint density at radius 3 is 2.49 bits per heavy atom. The zero-order valence-electron chi connectivity index (χ0n) is 19.7. The molecule has 1 aliphatic heterocycles. The summed E-state index contributed by atoms with van der Waals surface area (Å²) < 4.78 is 27.5. The van der Waals surface area contributed by atoms with Crippen LogP contribution < -0.4 is 5.32 Å². The van der Waals surface area contributed by atoms with Gasteiger partial charge in [-0.2, -0.15) is 0 Å². The molecule has 180 valence electrons. The number of aromatic nitrogens is 1. The summed E-state index contributed by atoms with van der Waals surface area (Å²) in [5.74, 6) is 5.09. The highest BCUT2D eigenvalue weighted by Crippen LogP contribution is 2.30. The predicted octanol–water partition coefficient (Wildman–Crippen LogP) is 4.59. The molecule has 1 saturated heterocycles. The van der Waals surface area contributed by atoms with Crippen LogP contribution in [0, 0.1) is 36.3 Å². The third-order valence-corrected chi connectivity index (χ3v) is 6.10. The first-order chi connectivity index (χ1) is 16.8. The summed E-state index contributed by atoms with van der Waals surface area (Å²) in [5.41, 5.74) is 2.11. The normalized spacial score (nSPS) is 15.2. The van der Waals surface area contributed by atoms with Crippen LogP contribution in [-0.2, 0) is 0 Å². The van der Waals surface area contributed by atoms with E-state index in [9.17, 15) is 18.7 Å². The van der Waals surface area contributed by atoms with Gasteiger partial charge < -0.3 is 15.3 Å². The number of aromatic hydroxyl groups is 1. The molecule has 2 N–H and O–H groups in total. The van der Waals surface area contributed by atoms with Crippen LogP contribution in [0.2, 0.25) is 0 Å². The Labute approximate surface area is 203 Å². The predicted molar refractivity (Wildman–Crippen MR) is 130 cm³/mol. The number of carbonyl (C=O) groups is 1. The van der Waals surface area contributed by atoms with Gasteiger partial charge >= 0.3 is 0 Å². The van der Waals surface area contributed by atoms with E-state index in [0.29, 0.717) is 22.7 Å².